The van der Waals surface area contributed by atoms with Crippen LogP contribution in [0.5, 0.6) is 5.75 Å². The van der Waals surface area contributed by atoms with Gasteiger partial charge in [-0.2, -0.15) is 4.31 Å². The smallest absolute Gasteiger partial charge is 0.247 e. The molecular formula is C18H26N2O5S. The number of benzene rings is 1. The summed E-state index contributed by atoms with van der Waals surface area (Å²) in [5, 5.41) is 0. The van der Waals surface area contributed by atoms with E-state index in [0.29, 0.717) is 44.7 Å². The summed E-state index contributed by atoms with van der Waals surface area (Å²) >= 11 is 0. The summed E-state index contributed by atoms with van der Waals surface area (Å²) in [6.45, 7) is 3.52. The number of likely N-dealkylation sites (tertiary alicyclic amines) is 1. The first kappa shape index (κ1) is 19.1. The number of methoxy groups -OCH3 is 1. The molecule has 2 aliphatic rings. The van der Waals surface area contributed by atoms with Gasteiger partial charge in [-0.1, -0.05) is 19.1 Å². The molecule has 0 unspecified atom stereocenters. The molecule has 26 heavy (non-hydrogen) atoms. The summed E-state index contributed by atoms with van der Waals surface area (Å²) in [5.74, 6) is 0.478. The molecule has 1 saturated heterocycles. The van der Waals surface area contributed by atoms with Crippen molar-refractivity contribution in [2.45, 2.75) is 43.2 Å². The van der Waals surface area contributed by atoms with Gasteiger partial charge in [0.05, 0.1) is 12.6 Å². The number of rotatable bonds is 4. The number of sulfonamides is 1. The SMILES string of the molecule is CCC(=O)N1CC[C@@H]2[C@@H](CC1)Oc1ccccc1S(=O)(=O)N2CCOC. The normalized spacial score (nSPS) is 25.4. The number of nitrogens with zero attached hydrogens (tertiary/aromatic N) is 2. The largest absolute Gasteiger partial charge is 0.487 e. The molecule has 0 N–H and O–H groups in total. The predicted octanol–water partition coefficient (Wildman–Crippen LogP) is 1.49. The summed E-state index contributed by atoms with van der Waals surface area (Å²) in [6, 6.07) is 6.44. The lowest BCUT2D eigenvalue weighted by atomic mass is 10.1. The van der Waals surface area contributed by atoms with Gasteiger partial charge in [-0.3, -0.25) is 4.79 Å². The van der Waals surface area contributed by atoms with Crippen LogP contribution in [0.15, 0.2) is 29.2 Å². The Kier molecular flexibility index (Phi) is 5.84. The van der Waals surface area contributed by atoms with Gasteiger partial charge < -0.3 is 14.4 Å². The molecular weight excluding hydrogens is 356 g/mol. The zero-order valence-electron chi connectivity index (χ0n) is 15.3. The summed E-state index contributed by atoms with van der Waals surface area (Å²) in [7, 11) is -2.14. The molecule has 2 atom stereocenters. The van der Waals surface area contributed by atoms with Gasteiger partial charge in [-0.05, 0) is 18.6 Å². The number of hydrogen-bond acceptors (Lipinski definition) is 5. The Morgan fingerprint density at radius 2 is 2.00 bits per heavy atom. The summed E-state index contributed by atoms with van der Waals surface area (Å²) in [6.07, 6.45) is 1.31. The van der Waals surface area contributed by atoms with Gasteiger partial charge in [0.25, 0.3) is 0 Å². The average molecular weight is 382 g/mol. The third-order valence-corrected chi connectivity index (χ3v) is 7.03. The standard InChI is InChI=1S/C18H26N2O5S/c1-3-18(21)19-10-8-14-15(9-11-19)25-16-6-4-5-7-17(16)26(22,23)20(14)12-13-24-2/h4-7,14-15H,3,8-13H2,1-2H3/t14-,15-/m1/s1. The predicted molar refractivity (Wildman–Crippen MR) is 96.5 cm³/mol. The van der Waals surface area contributed by atoms with Crippen LogP contribution in [0.4, 0.5) is 0 Å². The van der Waals surface area contributed by atoms with Crippen LogP contribution in [-0.4, -0.2) is 69.0 Å². The first-order chi connectivity index (χ1) is 12.5. The molecule has 1 aromatic rings. The minimum absolute atomic E-state index is 0.0909. The number of ether oxygens (including phenoxy) is 2. The van der Waals surface area contributed by atoms with Crippen molar-refractivity contribution in [2.75, 3.05) is 33.4 Å². The Hall–Kier alpha value is -1.64. The monoisotopic (exact) mass is 382 g/mol. The van der Waals surface area contributed by atoms with E-state index in [1.165, 1.54) is 4.31 Å². The van der Waals surface area contributed by atoms with Crippen LogP contribution in [0.3, 0.4) is 0 Å². The second-order valence-electron chi connectivity index (χ2n) is 6.59. The third kappa shape index (κ3) is 3.58. The van der Waals surface area contributed by atoms with E-state index in [0.717, 1.165) is 0 Å². The Morgan fingerprint density at radius 3 is 2.73 bits per heavy atom. The van der Waals surface area contributed by atoms with E-state index in [4.69, 9.17) is 9.47 Å². The summed E-state index contributed by atoms with van der Waals surface area (Å²) in [5.41, 5.74) is 0. The fraction of sp³-hybridized carbons (Fsp3) is 0.611. The number of amides is 1. The van der Waals surface area contributed by atoms with Crippen molar-refractivity contribution >= 4 is 15.9 Å². The minimum Gasteiger partial charge on any atom is -0.487 e. The maximum Gasteiger partial charge on any atom is 0.247 e. The van der Waals surface area contributed by atoms with E-state index in [1.807, 2.05) is 11.8 Å². The number of carbonyl (C=O) groups is 1. The molecule has 0 saturated carbocycles. The van der Waals surface area contributed by atoms with Gasteiger partial charge in [0.15, 0.2) is 0 Å². The van der Waals surface area contributed by atoms with Crippen LogP contribution in [-0.2, 0) is 19.6 Å². The molecule has 2 heterocycles. The Bertz CT molecular complexity index is 752. The van der Waals surface area contributed by atoms with Crippen molar-refractivity contribution in [1.29, 1.82) is 0 Å². The Labute approximate surface area is 154 Å². The maximum atomic E-state index is 13.3. The van der Waals surface area contributed by atoms with Crippen molar-refractivity contribution < 1.29 is 22.7 Å². The van der Waals surface area contributed by atoms with Gasteiger partial charge in [-0.25, -0.2) is 8.42 Å². The van der Waals surface area contributed by atoms with E-state index in [2.05, 4.69) is 0 Å². The van der Waals surface area contributed by atoms with Crippen LogP contribution >= 0.6 is 0 Å². The lowest BCUT2D eigenvalue weighted by Gasteiger charge is -2.31. The molecule has 0 spiro atoms. The van der Waals surface area contributed by atoms with Gasteiger partial charge in [0.1, 0.15) is 16.7 Å². The van der Waals surface area contributed by atoms with Crippen molar-refractivity contribution in [3.63, 3.8) is 0 Å². The molecule has 8 heteroatoms. The van der Waals surface area contributed by atoms with Crippen molar-refractivity contribution in [2.24, 2.45) is 0 Å². The van der Waals surface area contributed by atoms with Gasteiger partial charge in [0.2, 0.25) is 15.9 Å². The highest BCUT2D eigenvalue weighted by Crippen LogP contribution is 2.36. The number of hydrogen-bond donors (Lipinski definition) is 0. The van der Waals surface area contributed by atoms with E-state index in [-0.39, 0.29) is 29.5 Å². The molecule has 3 rings (SSSR count). The van der Waals surface area contributed by atoms with E-state index in [1.54, 1.807) is 31.4 Å². The number of carbonyl (C=O) groups excluding carboxylic acids is 1. The topological polar surface area (TPSA) is 76.2 Å². The molecule has 1 fully saturated rings. The van der Waals surface area contributed by atoms with Crippen LogP contribution < -0.4 is 4.74 Å². The van der Waals surface area contributed by atoms with E-state index >= 15 is 0 Å². The molecule has 2 aliphatic heterocycles. The first-order valence-electron chi connectivity index (χ1n) is 9.03. The lowest BCUT2D eigenvalue weighted by molar-refractivity contribution is -0.130. The highest BCUT2D eigenvalue weighted by molar-refractivity contribution is 7.89. The highest BCUT2D eigenvalue weighted by atomic mass is 32.2. The number of fused-ring (bicyclic) bond motifs is 2. The highest BCUT2D eigenvalue weighted by Gasteiger charge is 2.43. The van der Waals surface area contributed by atoms with Gasteiger partial charge in [-0.15, -0.1) is 0 Å². The lowest BCUT2D eigenvalue weighted by Crippen LogP contribution is -2.48. The van der Waals surface area contributed by atoms with Gasteiger partial charge >= 0.3 is 0 Å². The van der Waals surface area contributed by atoms with Crippen LogP contribution in [0.1, 0.15) is 26.2 Å². The fourth-order valence-corrected chi connectivity index (χ4v) is 5.48. The molecule has 0 aliphatic carbocycles. The first-order valence-corrected chi connectivity index (χ1v) is 10.5. The quantitative estimate of drug-likeness (QED) is 0.789. The summed E-state index contributed by atoms with van der Waals surface area (Å²) in [4.78, 5) is 14.1. The Balaban J connectivity index is 1.98. The summed E-state index contributed by atoms with van der Waals surface area (Å²) < 4.78 is 39.4. The zero-order chi connectivity index (χ0) is 18.7. The molecule has 7 nitrogen and oxygen atoms in total. The Morgan fingerprint density at radius 1 is 1.27 bits per heavy atom. The van der Waals surface area contributed by atoms with E-state index < -0.39 is 10.0 Å². The van der Waals surface area contributed by atoms with Crippen LogP contribution in [0.2, 0.25) is 0 Å². The third-order valence-electron chi connectivity index (χ3n) is 5.06. The van der Waals surface area contributed by atoms with Crippen molar-refractivity contribution in [3.05, 3.63) is 24.3 Å². The van der Waals surface area contributed by atoms with Crippen LogP contribution in [0, 0.1) is 0 Å². The maximum absolute atomic E-state index is 13.3. The molecule has 0 bridgehead atoms. The van der Waals surface area contributed by atoms with Crippen molar-refractivity contribution in [3.8, 4) is 5.75 Å². The molecule has 0 aromatic heterocycles. The minimum atomic E-state index is -3.70. The van der Waals surface area contributed by atoms with E-state index in [9.17, 15) is 13.2 Å². The van der Waals surface area contributed by atoms with Gasteiger partial charge in [0, 0.05) is 39.6 Å². The molecule has 0 radical (unpaired) electrons. The molecule has 1 aromatic carbocycles. The molecule has 144 valence electrons. The fourth-order valence-electron chi connectivity index (χ4n) is 3.70. The molecule has 1 amide bonds. The number of para-hydroxylation sites is 1. The van der Waals surface area contributed by atoms with Crippen LogP contribution in [0.25, 0.3) is 0 Å². The average Bonchev–Trinajstić information content (AvgIpc) is 2.88. The van der Waals surface area contributed by atoms with Crippen molar-refractivity contribution in [1.82, 2.24) is 9.21 Å². The second-order valence-corrected chi connectivity index (χ2v) is 8.45. The second kappa shape index (κ2) is 7.94. The zero-order valence-corrected chi connectivity index (χ0v) is 16.1.